The molecule has 4 rings (SSSR count). The highest BCUT2D eigenvalue weighted by Crippen LogP contribution is 2.47. The third kappa shape index (κ3) is 4.38. The molecular weight excluding hydrogens is 416 g/mol. The molecule has 0 aliphatic heterocycles. The summed E-state index contributed by atoms with van der Waals surface area (Å²) < 4.78 is 18.0. The van der Waals surface area contributed by atoms with Crippen molar-refractivity contribution < 1.29 is 9.47 Å². The van der Waals surface area contributed by atoms with Gasteiger partial charge in [0, 0.05) is 31.5 Å². The van der Waals surface area contributed by atoms with Crippen molar-refractivity contribution >= 4 is 17.9 Å². The van der Waals surface area contributed by atoms with Crippen LogP contribution < -0.4 is 9.46 Å². The van der Waals surface area contributed by atoms with Crippen molar-refractivity contribution in [1.82, 2.24) is 34.5 Å². The largest absolute Gasteiger partial charge is 0.480 e. The number of anilines is 1. The number of nitrogens with zero attached hydrogens (tertiary/aromatic N) is 7. The van der Waals surface area contributed by atoms with E-state index in [1.165, 1.54) is 0 Å². The van der Waals surface area contributed by atoms with E-state index < -0.39 is 0 Å². The van der Waals surface area contributed by atoms with E-state index in [1.807, 2.05) is 19.3 Å². The highest BCUT2D eigenvalue weighted by atomic mass is 32.2. The van der Waals surface area contributed by atoms with Gasteiger partial charge in [0.25, 0.3) is 0 Å². The van der Waals surface area contributed by atoms with Crippen LogP contribution in [0, 0.1) is 0 Å². The first-order valence-corrected chi connectivity index (χ1v) is 11.1. The molecule has 2 atom stereocenters. The molecule has 1 saturated carbocycles. The monoisotopic (exact) mass is 444 g/mol. The zero-order valence-electron chi connectivity index (χ0n) is 18.4. The van der Waals surface area contributed by atoms with Crippen molar-refractivity contribution in [2.45, 2.75) is 43.4 Å². The van der Waals surface area contributed by atoms with E-state index in [1.54, 1.807) is 43.2 Å². The Kier molecular flexibility index (Phi) is 6.15. The van der Waals surface area contributed by atoms with Crippen LogP contribution in [0.25, 0.3) is 11.5 Å². The second-order valence-electron chi connectivity index (χ2n) is 7.91. The van der Waals surface area contributed by atoms with Gasteiger partial charge in [0.2, 0.25) is 11.8 Å². The number of aryl methyl sites for hydroxylation is 1. The molecule has 10 nitrogen and oxygen atoms in total. The second kappa shape index (κ2) is 8.83. The summed E-state index contributed by atoms with van der Waals surface area (Å²) in [4.78, 5) is 8.74. The average molecular weight is 445 g/mol. The first kappa shape index (κ1) is 21.6. The lowest BCUT2D eigenvalue weighted by Gasteiger charge is -2.22. The quantitative estimate of drug-likeness (QED) is 0.473. The van der Waals surface area contributed by atoms with E-state index in [9.17, 15) is 0 Å². The standard InChI is InChI=1S/C20H28N8O2S/c1-13(16-10-22-17(30-5)11-21-16)14(2)31-26-19-24-23-18(15-6-9-27(3)25-15)28(19)20(7-8-20)12-29-4/h6,9-11,13-14H,7-8,12H2,1-5H3,(H,24,26). The Hall–Kier alpha value is -2.66. The summed E-state index contributed by atoms with van der Waals surface area (Å²) in [6.07, 6.45) is 7.36. The molecule has 0 aromatic carbocycles. The Morgan fingerprint density at radius 2 is 2.00 bits per heavy atom. The SMILES string of the molecule is COCC1(n2c(NSC(C)C(C)c3cnc(OC)cn3)nnc2-c2ccn(C)n2)CC1. The van der Waals surface area contributed by atoms with Crippen LogP contribution in [0.3, 0.4) is 0 Å². The number of hydrogen-bond donors (Lipinski definition) is 1. The molecule has 3 aromatic rings. The molecule has 166 valence electrons. The van der Waals surface area contributed by atoms with Crippen molar-refractivity contribution in [2.75, 3.05) is 25.5 Å². The molecule has 0 radical (unpaired) electrons. The van der Waals surface area contributed by atoms with Crippen molar-refractivity contribution in [3.8, 4) is 17.4 Å². The predicted molar refractivity (Wildman–Crippen MR) is 119 cm³/mol. The van der Waals surface area contributed by atoms with E-state index in [-0.39, 0.29) is 16.7 Å². The molecule has 1 aliphatic rings. The van der Waals surface area contributed by atoms with E-state index in [2.05, 4.69) is 48.4 Å². The Bertz CT molecular complexity index is 1010. The second-order valence-corrected chi connectivity index (χ2v) is 9.10. The highest BCUT2D eigenvalue weighted by Gasteiger charge is 2.48. The minimum atomic E-state index is -0.135. The fraction of sp³-hybridized carbons (Fsp3) is 0.550. The number of methoxy groups -OCH3 is 2. The summed E-state index contributed by atoms with van der Waals surface area (Å²) in [6, 6.07) is 1.95. The van der Waals surface area contributed by atoms with Gasteiger partial charge in [0.15, 0.2) is 5.82 Å². The van der Waals surface area contributed by atoms with Gasteiger partial charge in [-0.05, 0) is 30.9 Å². The van der Waals surface area contributed by atoms with Crippen molar-refractivity contribution in [2.24, 2.45) is 7.05 Å². The number of ether oxygens (including phenoxy) is 2. The van der Waals surface area contributed by atoms with E-state index in [0.717, 1.165) is 30.1 Å². The molecule has 0 spiro atoms. The molecule has 2 unspecified atom stereocenters. The molecule has 1 N–H and O–H groups in total. The number of nitrogens with one attached hydrogen (secondary N) is 1. The lowest BCUT2D eigenvalue weighted by atomic mass is 10.1. The van der Waals surface area contributed by atoms with E-state index >= 15 is 0 Å². The molecule has 11 heteroatoms. The first-order chi connectivity index (χ1) is 15.0. The minimum absolute atomic E-state index is 0.135. The Balaban J connectivity index is 1.53. The summed E-state index contributed by atoms with van der Waals surface area (Å²) in [5.41, 5.74) is 1.58. The normalized spacial score (nSPS) is 16.7. The van der Waals surface area contributed by atoms with Gasteiger partial charge < -0.3 is 9.47 Å². The van der Waals surface area contributed by atoms with Crippen LogP contribution in [-0.4, -0.2) is 60.6 Å². The summed E-state index contributed by atoms with van der Waals surface area (Å²) in [7, 11) is 5.21. The maximum atomic E-state index is 5.52. The van der Waals surface area contributed by atoms with Gasteiger partial charge >= 0.3 is 0 Å². The van der Waals surface area contributed by atoms with Gasteiger partial charge in [0.05, 0.1) is 37.3 Å². The van der Waals surface area contributed by atoms with Crippen LogP contribution in [0.2, 0.25) is 0 Å². The summed E-state index contributed by atoms with van der Waals surface area (Å²) >= 11 is 1.59. The smallest absolute Gasteiger partial charge is 0.235 e. The maximum Gasteiger partial charge on any atom is 0.235 e. The zero-order valence-corrected chi connectivity index (χ0v) is 19.3. The van der Waals surface area contributed by atoms with E-state index in [4.69, 9.17) is 9.47 Å². The van der Waals surface area contributed by atoms with Crippen molar-refractivity contribution in [3.05, 3.63) is 30.4 Å². The first-order valence-electron chi connectivity index (χ1n) is 10.2. The fourth-order valence-electron chi connectivity index (χ4n) is 3.50. The molecule has 1 aliphatic carbocycles. The summed E-state index contributed by atoms with van der Waals surface area (Å²) in [5.74, 6) is 2.15. The third-order valence-electron chi connectivity index (χ3n) is 5.68. The van der Waals surface area contributed by atoms with Gasteiger partial charge in [-0.15, -0.1) is 10.2 Å². The lowest BCUT2D eigenvalue weighted by molar-refractivity contribution is 0.145. The predicted octanol–water partition coefficient (Wildman–Crippen LogP) is 2.87. The van der Waals surface area contributed by atoms with Crippen LogP contribution >= 0.6 is 11.9 Å². The van der Waals surface area contributed by atoms with Gasteiger partial charge in [-0.3, -0.25) is 19.0 Å². The van der Waals surface area contributed by atoms with Crippen molar-refractivity contribution in [1.29, 1.82) is 0 Å². The van der Waals surface area contributed by atoms with Gasteiger partial charge in [-0.25, -0.2) is 4.98 Å². The maximum absolute atomic E-state index is 5.52. The van der Waals surface area contributed by atoms with Crippen LogP contribution in [0.5, 0.6) is 5.88 Å². The zero-order chi connectivity index (χ0) is 22.0. The van der Waals surface area contributed by atoms with Crippen LogP contribution in [0.4, 0.5) is 5.95 Å². The summed E-state index contributed by atoms with van der Waals surface area (Å²) in [6.45, 7) is 4.89. The summed E-state index contributed by atoms with van der Waals surface area (Å²) in [5, 5.41) is 13.6. The van der Waals surface area contributed by atoms with E-state index in [0.29, 0.717) is 18.4 Å². The molecule has 31 heavy (non-hydrogen) atoms. The number of aromatic nitrogens is 7. The number of rotatable bonds is 10. The molecule has 0 bridgehead atoms. The molecule has 0 saturated heterocycles. The van der Waals surface area contributed by atoms with Crippen LogP contribution in [0.1, 0.15) is 38.3 Å². The molecule has 3 heterocycles. The fourth-order valence-corrected chi connectivity index (χ4v) is 4.27. The van der Waals surface area contributed by atoms with Crippen LogP contribution in [-0.2, 0) is 17.3 Å². The van der Waals surface area contributed by atoms with Crippen molar-refractivity contribution in [3.63, 3.8) is 0 Å². The Labute approximate surface area is 185 Å². The Morgan fingerprint density at radius 1 is 1.19 bits per heavy atom. The minimum Gasteiger partial charge on any atom is -0.480 e. The Morgan fingerprint density at radius 3 is 2.58 bits per heavy atom. The third-order valence-corrected chi connectivity index (χ3v) is 6.76. The number of hydrogen-bond acceptors (Lipinski definition) is 9. The van der Waals surface area contributed by atoms with Gasteiger partial charge in [-0.2, -0.15) is 5.10 Å². The van der Waals surface area contributed by atoms with Gasteiger partial charge in [0.1, 0.15) is 5.69 Å². The van der Waals surface area contributed by atoms with Crippen LogP contribution in [0.15, 0.2) is 24.7 Å². The molecule has 0 amide bonds. The highest BCUT2D eigenvalue weighted by molar-refractivity contribution is 8.01. The molecule has 1 fully saturated rings. The molecular formula is C20H28N8O2S. The topological polar surface area (TPSA) is 105 Å². The average Bonchev–Trinajstić information content (AvgIpc) is 3.21. The van der Waals surface area contributed by atoms with Gasteiger partial charge in [-0.1, -0.05) is 13.8 Å². The molecule has 3 aromatic heterocycles. The lowest BCUT2D eigenvalue weighted by Crippen LogP contribution is -2.25.